The minimum atomic E-state index is -2.13. The third-order valence-electron chi connectivity index (χ3n) is 6.27. The van der Waals surface area contributed by atoms with E-state index in [1.807, 2.05) is 0 Å². The molecule has 1 heteroatoms. The van der Waals surface area contributed by atoms with Crippen LogP contribution in [-0.2, 0) is 6.42 Å². The molecular weight excluding hydrogens is 352 g/mol. The largest absolute Gasteiger partial charge is 0.146 e. The van der Waals surface area contributed by atoms with Crippen molar-refractivity contribution >= 4 is 23.6 Å². The molecule has 0 saturated heterocycles. The fourth-order valence-corrected chi connectivity index (χ4v) is 9.90. The van der Waals surface area contributed by atoms with E-state index in [2.05, 4.69) is 102 Å². The zero-order chi connectivity index (χ0) is 20.1. The van der Waals surface area contributed by atoms with E-state index in [4.69, 9.17) is 0 Å². The van der Waals surface area contributed by atoms with Gasteiger partial charge in [0.1, 0.15) is 8.07 Å². The van der Waals surface area contributed by atoms with Crippen molar-refractivity contribution in [1.29, 1.82) is 0 Å². The highest BCUT2D eigenvalue weighted by atomic mass is 28.3. The first kappa shape index (κ1) is 19.0. The van der Waals surface area contributed by atoms with E-state index in [9.17, 15) is 0 Å². The van der Waals surface area contributed by atoms with Gasteiger partial charge < -0.3 is 0 Å². The number of hydrogen-bond acceptors (Lipinski definition) is 0. The highest BCUT2D eigenvalue weighted by Crippen LogP contribution is 2.38. The Balaban J connectivity index is 2.07. The van der Waals surface area contributed by atoms with Crippen molar-refractivity contribution in [2.45, 2.75) is 47.6 Å². The molecule has 0 aromatic heterocycles. The molecule has 0 spiro atoms. The van der Waals surface area contributed by atoms with Crippen LogP contribution in [0, 0.1) is 27.7 Å². The molecule has 0 amide bonds. The van der Waals surface area contributed by atoms with Crippen molar-refractivity contribution in [2.24, 2.45) is 0 Å². The number of fused-ring (bicyclic) bond motifs is 1. The Hall–Kier alpha value is -2.38. The van der Waals surface area contributed by atoms with E-state index >= 15 is 0 Å². The van der Waals surface area contributed by atoms with Gasteiger partial charge in [-0.25, -0.2) is 0 Å². The van der Waals surface area contributed by atoms with Gasteiger partial charge in [-0.05, 0) is 67.7 Å². The molecule has 0 heterocycles. The summed E-state index contributed by atoms with van der Waals surface area (Å²) in [5.74, 6) is 0. The van der Waals surface area contributed by atoms with Gasteiger partial charge in [-0.1, -0.05) is 95.0 Å². The molecule has 0 radical (unpaired) electrons. The Labute approximate surface area is 171 Å². The van der Waals surface area contributed by atoms with Crippen LogP contribution in [0.15, 0.2) is 66.2 Å². The summed E-state index contributed by atoms with van der Waals surface area (Å²) >= 11 is 0. The van der Waals surface area contributed by atoms with Crippen molar-refractivity contribution in [1.82, 2.24) is 0 Å². The van der Waals surface area contributed by atoms with E-state index in [0.29, 0.717) is 0 Å². The first-order valence-corrected chi connectivity index (χ1v) is 12.7. The lowest BCUT2D eigenvalue weighted by Gasteiger charge is -2.33. The molecule has 142 valence electrons. The van der Waals surface area contributed by atoms with Crippen molar-refractivity contribution < 1.29 is 0 Å². The minimum Gasteiger partial charge on any atom is -0.0683 e. The summed E-state index contributed by atoms with van der Waals surface area (Å²) in [7, 11) is -2.13. The number of hydrogen-bond donors (Lipinski definition) is 0. The van der Waals surface area contributed by atoms with E-state index in [1.165, 1.54) is 43.8 Å². The van der Waals surface area contributed by atoms with Crippen LogP contribution in [0.3, 0.4) is 0 Å². The number of aryl methyl sites for hydroxylation is 4. The lowest BCUT2D eigenvalue weighted by atomic mass is 10.1. The fraction of sp³-hybridized carbons (Fsp3) is 0.259. The highest BCUT2D eigenvalue weighted by Gasteiger charge is 2.41. The van der Waals surface area contributed by atoms with Gasteiger partial charge in [0, 0.05) is 0 Å². The zero-order valence-electron chi connectivity index (χ0n) is 18.0. The maximum atomic E-state index is 2.57. The van der Waals surface area contributed by atoms with Crippen LogP contribution in [0.25, 0.3) is 5.20 Å². The van der Waals surface area contributed by atoms with Crippen LogP contribution in [0.4, 0.5) is 0 Å². The molecule has 0 nitrogen and oxygen atoms in total. The first-order chi connectivity index (χ1) is 13.3. The second-order valence-corrected chi connectivity index (χ2v) is 12.8. The predicted octanol–water partition coefficient (Wildman–Crippen LogP) is 5.68. The summed E-state index contributed by atoms with van der Waals surface area (Å²) < 4.78 is 0. The number of rotatable bonds is 3. The van der Waals surface area contributed by atoms with Crippen LogP contribution >= 0.6 is 0 Å². The summed E-state index contributed by atoms with van der Waals surface area (Å²) in [6, 6.07) is 23.4. The molecule has 4 rings (SSSR count). The maximum absolute atomic E-state index is 2.57. The molecule has 28 heavy (non-hydrogen) atoms. The van der Waals surface area contributed by atoms with Crippen LogP contribution < -0.4 is 10.4 Å². The third kappa shape index (κ3) is 3.08. The van der Waals surface area contributed by atoms with Gasteiger partial charge >= 0.3 is 0 Å². The monoisotopic (exact) mass is 382 g/mol. The molecule has 0 saturated carbocycles. The van der Waals surface area contributed by atoms with E-state index < -0.39 is 8.07 Å². The first-order valence-electron chi connectivity index (χ1n) is 10.2. The van der Waals surface area contributed by atoms with Crippen molar-refractivity contribution in [3.05, 3.63) is 99.6 Å². The molecule has 0 atom stereocenters. The third-order valence-corrected chi connectivity index (χ3v) is 10.9. The molecule has 0 unspecified atom stereocenters. The van der Waals surface area contributed by atoms with Gasteiger partial charge in [0.05, 0.1) is 0 Å². The Morgan fingerprint density at radius 3 is 1.61 bits per heavy atom. The Morgan fingerprint density at radius 2 is 1.11 bits per heavy atom. The van der Waals surface area contributed by atoms with E-state index in [1.54, 1.807) is 10.8 Å². The molecule has 3 aromatic rings. The standard InChI is InChI=1S/C27H30Si/c1-18-11-19(2)14-24(13-18)28(6,25-15-20(3)12-21(4)16-25)27-22(5)17-23-9-7-8-10-26(23)27/h7-16H,17H2,1-6H3. The lowest BCUT2D eigenvalue weighted by molar-refractivity contribution is 1.19. The Kier molecular flexibility index (Phi) is 4.67. The topological polar surface area (TPSA) is 0 Å². The predicted molar refractivity (Wildman–Crippen MR) is 125 cm³/mol. The second-order valence-electron chi connectivity index (χ2n) is 8.87. The van der Waals surface area contributed by atoms with Crippen LogP contribution in [0.5, 0.6) is 0 Å². The lowest BCUT2D eigenvalue weighted by Crippen LogP contribution is -2.57. The summed E-state index contributed by atoms with van der Waals surface area (Å²) in [6.45, 7) is 13.9. The second kappa shape index (κ2) is 6.90. The van der Waals surface area contributed by atoms with Crippen molar-refractivity contribution in [3.8, 4) is 0 Å². The Bertz CT molecular complexity index is 1010. The number of allylic oxidation sites excluding steroid dienone is 1. The molecule has 0 N–H and O–H groups in total. The smallest absolute Gasteiger partial charge is 0.0683 e. The van der Waals surface area contributed by atoms with Gasteiger partial charge in [0.15, 0.2) is 0 Å². The summed E-state index contributed by atoms with van der Waals surface area (Å²) in [6.07, 6.45) is 1.09. The van der Waals surface area contributed by atoms with Crippen molar-refractivity contribution in [2.75, 3.05) is 0 Å². The van der Waals surface area contributed by atoms with E-state index in [0.717, 1.165) is 6.42 Å². The van der Waals surface area contributed by atoms with Gasteiger partial charge in [0.2, 0.25) is 0 Å². The van der Waals surface area contributed by atoms with Gasteiger partial charge in [-0.2, -0.15) is 0 Å². The summed E-state index contributed by atoms with van der Waals surface area (Å²) in [5, 5.41) is 4.68. The SMILES string of the molecule is CC1=C([Si](C)(c2cc(C)cc(C)c2)c2cc(C)cc(C)c2)c2ccccc2C1. The van der Waals surface area contributed by atoms with Crippen LogP contribution in [0.2, 0.25) is 6.55 Å². The van der Waals surface area contributed by atoms with Crippen LogP contribution in [-0.4, -0.2) is 8.07 Å². The maximum Gasteiger partial charge on any atom is 0.146 e. The van der Waals surface area contributed by atoms with Gasteiger partial charge in [-0.15, -0.1) is 0 Å². The van der Waals surface area contributed by atoms with E-state index in [-0.39, 0.29) is 0 Å². The molecule has 0 fully saturated rings. The Morgan fingerprint density at radius 1 is 0.643 bits per heavy atom. The summed E-state index contributed by atoms with van der Waals surface area (Å²) in [5.41, 5.74) is 9.97. The molecule has 1 aliphatic rings. The van der Waals surface area contributed by atoms with Gasteiger partial charge in [-0.3, -0.25) is 0 Å². The molecule has 1 aliphatic carbocycles. The average Bonchev–Trinajstić information content (AvgIpc) is 2.95. The highest BCUT2D eigenvalue weighted by molar-refractivity contribution is 7.14. The normalized spacial score (nSPS) is 13.8. The quantitative estimate of drug-likeness (QED) is 0.511. The van der Waals surface area contributed by atoms with Crippen molar-refractivity contribution in [3.63, 3.8) is 0 Å². The number of benzene rings is 3. The minimum absolute atomic E-state index is 1.09. The molecule has 3 aromatic carbocycles. The molecule has 0 aliphatic heterocycles. The molecular formula is C27H30Si. The fourth-order valence-electron chi connectivity index (χ4n) is 5.20. The average molecular weight is 383 g/mol. The zero-order valence-corrected chi connectivity index (χ0v) is 19.0. The van der Waals surface area contributed by atoms with Crippen LogP contribution in [0.1, 0.15) is 40.3 Å². The molecule has 0 bridgehead atoms. The van der Waals surface area contributed by atoms with Gasteiger partial charge in [0.25, 0.3) is 0 Å². The summed E-state index contributed by atoms with van der Waals surface area (Å²) in [4.78, 5) is 0.